The molecule has 0 spiro atoms. The molecular formula is C17H12ClN3O2S. The van der Waals surface area contributed by atoms with E-state index >= 15 is 0 Å². The summed E-state index contributed by atoms with van der Waals surface area (Å²) in [6, 6.07) is 14.4. The number of nitrogens with zero attached hydrogens (tertiary/aromatic N) is 3. The Morgan fingerprint density at radius 2 is 2.04 bits per heavy atom. The number of para-hydroxylation sites is 1. The van der Waals surface area contributed by atoms with E-state index in [0.717, 1.165) is 0 Å². The minimum atomic E-state index is -0.322. The Labute approximate surface area is 146 Å². The molecule has 4 aromatic rings. The van der Waals surface area contributed by atoms with Crippen LogP contribution in [0.3, 0.4) is 0 Å². The average Bonchev–Trinajstić information content (AvgIpc) is 3.00. The lowest BCUT2D eigenvalue weighted by atomic mass is 10.2. The molecule has 120 valence electrons. The van der Waals surface area contributed by atoms with Crippen molar-refractivity contribution in [1.82, 2.24) is 14.6 Å². The van der Waals surface area contributed by atoms with E-state index in [1.165, 1.54) is 15.9 Å². The van der Waals surface area contributed by atoms with Crippen molar-refractivity contribution in [3.8, 4) is 5.75 Å². The zero-order chi connectivity index (χ0) is 16.7. The number of hydrogen-bond donors (Lipinski definition) is 0. The van der Waals surface area contributed by atoms with Gasteiger partial charge in [-0.3, -0.25) is 4.79 Å². The van der Waals surface area contributed by atoms with Gasteiger partial charge in [0.1, 0.15) is 11.9 Å². The Hall–Kier alpha value is -2.44. The molecule has 0 bridgehead atoms. The van der Waals surface area contributed by atoms with Crippen LogP contribution in [0.4, 0.5) is 0 Å². The minimum Gasteiger partial charge on any atom is -0.483 e. The fraction of sp³-hybridized carbons (Fsp3) is 0.118. The van der Waals surface area contributed by atoms with Gasteiger partial charge in [0.2, 0.25) is 4.96 Å². The summed E-state index contributed by atoms with van der Waals surface area (Å²) >= 11 is 7.31. The summed E-state index contributed by atoms with van der Waals surface area (Å²) in [5, 5.41) is 6.21. The van der Waals surface area contributed by atoms with Crippen LogP contribution in [0.5, 0.6) is 5.75 Å². The summed E-state index contributed by atoms with van der Waals surface area (Å²) in [5.41, 5.74) is 0.495. The first kappa shape index (κ1) is 15.1. The molecule has 0 saturated carbocycles. The highest BCUT2D eigenvalue weighted by Gasteiger charge is 2.16. The van der Waals surface area contributed by atoms with Gasteiger partial charge in [0.15, 0.2) is 5.01 Å². The van der Waals surface area contributed by atoms with Crippen LogP contribution in [0.2, 0.25) is 5.02 Å². The van der Waals surface area contributed by atoms with Crippen LogP contribution in [0.1, 0.15) is 18.0 Å². The fourth-order valence-corrected chi connectivity index (χ4v) is 3.49. The lowest BCUT2D eigenvalue weighted by Crippen LogP contribution is -2.15. The molecule has 0 saturated heterocycles. The zero-order valence-corrected chi connectivity index (χ0v) is 14.2. The first-order chi connectivity index (χ1) is 11.6. The highest BCUT2D eigenvalue weighted by molar-refractivity contribution is 7.16. The maximum atomic E-state index is 12.5. The van der Waals surface area contributed by atoms with Gasteiger partial charge in [-0.15, -0.1) is 0 Å². The maximum Gasteiger partial charge on any atom is 0.283 e. The van der Waals surface area contributed by atoms with E-state index in [0.29, 0.717) is 31.6 Å². The summed E-state index contributed by atoms with van der Waals surface area (Å²) in [6.07, 6.45) is -0.322. The summed E-state index contributed by atoms with van der Waals surface area (Å²) in [7, 11) is 0. The molecule has 0 aliphatic carbocycles. The summed E-state index contributed by atoms with van der Waals surface area (Å²) in [5.74, 6) is 0.653. The van der Waals surface area contributed by atoms with Gasteiger partial charge in [0, 0.05) is 5.02 Å². The lowest BCUT2D eigenvalue weighted by molar-refractivity contribution is 0.225. The van der Waals surface area contributed by atoms with E-state index < -0.39 is 0 Å². The Bertz CT molecular complexity index is 1110. The molecule has 7 heteroatoms. The van der Waals surface area contributed by atoms with E-state index in [1.807, 2.05) is 37.3 Å². The molecule has 1 atom stereocenters. The van der Waals surface area contributed by atoms with Gasteiger partial charge in [-0.05, 0) is 37.3 Å². The lowest BCUT2D eigenvalue weighted by Gasteiger charge is -2.11. The average molecular weight is 358 g/mol. The highest BCUT2D eigenvalue weighted by Crippen LogP contribution is 2.26. The van der Waals surface area contributed by atoms with E-state index in [4.69, 9.17) is 16.3 Å². The van der Waals surface area contributed by atoms with Gasteiger partial charge in [0.05, 0.1) is 10.9 Å². The normalized spacial score (nSPS) is 12.6. The number of halogens is 1. The SMILES string of the molecule is C[C@H](Oc1cccc(Cl)c1)c1nn2c(=O)c3ccccc3nc2s1. The van der Waals surface area contributed by atoms with Gasteiger partial charge in [-0.1, -0.05) is 41.1 Å². The quantitative estimate of drug-likeness (QED) is 0.554. The molecule has 0 N–H and O–H groups in total. The molecule has 0 aliphatic heterocycles. The molecule has 0 fully saturated rings. The van der Waals surface area contributed by atoms with Gasteiger partial charge < -0.3 is 4.74 Å². The van der Waals surface area contributed by atoms with Crippen LogP contribution >= 0.6 is 22.9 Å². The van der Waals surface area contributed by atoms with Crippen LogP contribution in [0.25, 0.3) is 15.9 Å². The largest absolute Gasteiger partial charge is 0.483 e. The zero-order valence-electron chi connectivity index (χ0n) is 12.6. The second-order valence-electron chi connectivity index (χ2n) is 5.29. The number of benzene rings is 2. The van der Waals surface area contributed by atoms with Crippen molar-refractivity contribution in [1.29, 1.82) is 0 Å². The summed E-state index contributed by atoms with van der Waals surface area (Å²) < 4.78 is 7.20. The molecule has 2 aromatic carbocycles. The van der Waals surface area contributed by atoms with Crippen LogP contribution in [-0.4, -0.2) is 14.6 Å². The Morgan fingerprint density at radius 1 is 1.21 bits per heavy atom. The molecule has 2 heterocycles. The van der Waals surface area contributed by atoms with Crippen LogP contribution in [-0.2, 0) is 0 Å². The van der Waals surface area contributed by atoms with Crippen LogP contribution in [0, 0.1) is 0 Å². The number of fused-ring (bicyclic) bond motifs is 2. The van der Waals surface area contributed by atoms with Crippen molar-refractivity contribution in [3.63, 3.8) is 0 Å². The third kappa shape index (κ3) is 2.64. The van der Waals surface area contributed by atoms with Crippen LogP contribution in [0.15, 0.2) is 53.3 Å². The standard InChI is InChI=1S/C17H12ClN3O2S/c1-10(23-12-6-4-5-11(18)9-12)15-20-21-16(22)13-7-2-3-8-14(13)19-17(21)24-15/h2-10H,1H3/t10-/m0/s1. The first-order valence-corrected chi connectivity index (χ1v) is 8.52. The van der Waals surface area contributed by atoms with E-state index in [1.54, 1.807) is 18.2 Å². The van der Waals surface area contributed by atoms with E-state index in [-0.39, 0.29) is 11.7 Å². The first-order valence-electron chi connectivity index (χ1n) is 7.32. The van der Waals surface area contributed by atoms with Crippen molar-refractivity contribution in [3.05, 3.63) is 68.9 Å². The molecule has 0 unspecified atom stereocenters. The van der Waals surface area contributed by atoms with Gasteiger partial charge in [-0.2, -0.15) is 9.61 Å². The minimum absolute atomic E-state index is 0.173. The molecule has 0 amide bonds. The smallest absolute Gasteiger partial charge is 0.283 e. The number of ether oxygens (including phenoxy) is 1. The highest BCUT2D eigenvalue weighted by atomic mass is 35.5. The molecule has 24 heavy (non-hydrogen) atoms. The Balaban J connectivity index is 1.76. The number of aromatic nitrogens is 3. The second kappa shape index (κ2) is 5.89. The van der Waals surface area contributed by atoms with Gasteiger partial charge in [0.25, 0.3) is 5.56 Å². The Morgan fingerprint density at radius 3 is 2.88 bits per heavy atom. The van der Waals surface area contributed by atoms with E-state index in [9.17, 15) is 4.79 Å². The van der Waals surface area contributed by atoms with E-state index in [2.05, 4.69) is 10.1 Å². The fourth-order valence-electron chi connectivity index (χ4n) is 2.43. The molecule has 2 aromatic heterocycles. The van der Waals surface area contributed by atoms with Gasteiger partial charge in [-0.25, -0.2) is 4.98 Å². The predicted octanol–water partition coefficient (Wildman–Crippen LogP) is 4.10. The molecule has 0 radical (unpaired) electrons. The second-order valence-corrected chi connectivity index (χ2v) is 6.71. The van der Waals surface area contributed by atoms with Crippen molar-refractivity contribution >= 4 is 38.8 Å². The summed E-state index contributed by atoms with van der Waals surface area (Å²) in [4.78, 5) is 17.6. The third-order valence-electron chi connectivity index (χ3n) is 3.58. The number of hydrogen-bond acceptors (Lipinski definition) is 5. The van der Waals surface area contributed by atoms with Crippen LogP contribution < -0.4 is 10.3 Å². The molecular weight excluding hydrogens is 346 g/mol. The van der Waals surface area contributed by atoms with Gasteiger partial charge >= 0.3 is 0 Å². The van der Waals surface area contributed by atoms with Crippen molar-refractivity contribution in [2.75, 3.05) is 0 Å². The summed E-state index contributed by atoms with van der Waals surface area (Å²) in [6.45, 7) is 1.88. The maximum absolute atomic E-state index is 12.5. The molecule has 4 rings (SSSR count). The van der Waals surface area contributed by atoms with Crippen molar-refractivity contribution < 1.29 is 4.74 Å². The van der Waals surface area contributed by atoms with Crippen molar-refractivity contribution in [2.45, 2.75) is 13.0 Å². The monoisotopic (exact) mass is 357 g/mol. The number of rotatable bonds is 3. The third-order valence-corrected chi connectivity index (χ3v) is 4.88. The molecule has 5 nitrogen and oxygen atoms in total. The Kier molecular flexibility index (Phi) is 3.70. The predicted molar refractivity (Wildman–Crippen MR) is 95.1 cm³/mol. The van der Waals surface area contributed by atoms with Crippen molar-refractivity contribution in [2.24, 2.45) is 0 Å². The topological polar surface area (TPSA) is 56.5 Å². The molecule has 0 aliphatic rings.